The Morgan fingerprint density at radius 1 is 1.26 bits per heavy atom. The van der Waals surface area contributed by atoms with Gasteiger partial charge < -0.3 is 15.0 Å². The van der Waals surface area contributed by atoms with Crippen molar-refractivity contribution in [3.63, 3.8) is 0 Å². The molecular weight excluding hydrogens is 292 g/mol. The van der Waals surface area contributed by atoms with Crippen molar-refractivity contribution >= 4 is 17.4 Å². The molecule has 0 spiro atoms. The van der Waals surface area contributed by atoms with E-state index in [1.807, 2.05) is 19.1 Å². The first-order valence-electron chi connectivity index (χ1n) is 7.88. The number of carbonyl (C=O) groups excluding carboxylic acids is 1. The summed E-state index contributed by atoms with van der Waals surface area (Å²) >= 11 is 0. The van der Waals surface area contributed by atoms with Crippen molar-refractivity contribution < 1.29 is 9.53 Å². The third kappa shape index (κ3) is 3.59. The van der Waals surface area contributed by atoms with Crippen molar-refractivity contribution in [3.8, 4) is 5.88 Å². The molecule has 6 heteroatoms. The fraction of sp³-hybridized carbons (Fsp3) is 0.353. The topological polar surface area (TPSA) is 67.3 Å². The van der Waals surface area contributed by atoms with Gasteiger partial charge in [0.1, 0.15) is 0 Å². The summed E-state index contributed by atoms with van der Waals surface area (Å²) in [5.74, 6) is 1.09. The van der Waals surface area contributed by atoms with Gasteiger partial charge in [0.05, 0.1) is 12.3 Å². The van der Waals surface area contributed by atoms with Crippen LogP contribution in [0.15, 0.2) is 36.7 Å². The number of anilines is 2. The summed E-state index contributed by atoms with van der Waals surface area (Å²) in [5, 5.41) is 2.95. The maximum atomic E-state index is 12.5. The number of ether oxygens (including phenoxy) is 1. The van der Waals surface area contributed by atoms with Gasteiger partial charge in [0.2, 0.25) is 5.88 Å². The number of nitrogens with zero attached hydrogens (tertiary/aromatic N) is 3. The number of carbonyl (C=O) groups is 1. The predicted octanol–water partition coefficient (Wildman–Crippen LogP) is 2.73. The van der Waals surface area contributed by atoms with Crippen LogP contribution in [-0.2, 0) is 0 Å². The van der Waals surface area contributed by atoms with Crippen LogP contribution in [-0.4, -0.2) is 35.6 Å². The van der Waals surface area contributed by atoms with Crippen LogP contribution in [0.4, 0.5) is 11.5 Å². The van der Waals surface area contributed by atoms with Gasteiger partial charge in [-0.3, -0.25) is 4.79 Å². The predicted molar refractivity (Wildman–Crippen MR) is 89.0 cm³/mol. The van der Waals surface area contributed by atoms with E-state index in [9.17, 15) is 4.79 Å². The minimum atomic E-state index is -0.193. The van der Waals surface area contributed by atoms with Crippen molar-refractivity contribution in [3.05, 3.63) is 42.2 Å². The Kier molecular flexibility index (Phi) is 4.71. The Labute approximate surface area is 135 Å². The summed E-state index contributed by atoms with van der Waals surface area (Å²) in [6.45, 7) is 4.35. The van der Waals surface area contributed by atoms with Crippen LogP contribution < -0.4 is 15.0 Å². The average Bonchev–Trinajstić information content (AvgIpc) is 3.10. The van der Waals surface area contributed by atoms with Crippen molar-refractivity contribution in [1.29, 1.82) is 0 Å². The second-order valence-electron chi connectivity index (χ2n) is 5.34. The molecule has 23 heavy (non-hydrogen) atoms. The molecule has 0 unspecified atom stereocenters. The van der Waals surface area contributed by atoms with E-state index in [1.54, 1.807) is 24.5 Å². The lowest BCUT2D eigenvalue weighted by Crippen LogP contribution is -2.22. The molecule has 1 aliphatic rings. The SMILES string of the molecule is CCOc1cc(C(=O)Nc2cccnc2N2CCCC2)ccn1. The number of rotatable bonds is 5. The quantitative estimate of drug-likeness (QED) is 0.919. The molecule has 2 aromatic rings. The molecule has 3 heterocycles. The molecule has 1 N–H and O–H groups in total. The molecule has 1 aliphatic heterocycles. The third-order valence-corrected chi connectivity index (χ3v) is 3.73. The Morgan fingerprint density at radius 3 is 2.87 bits per heavy atom. The highest BCUT2D eigenvalue weighted by Gasteiger charge is 2.18. The first-order valence-corrected chi connectivity index (χ1v) is 7.88. The molecule has 2 aromatic heterocycles. The van der Waals surface area contributed by atoms with Gasteiger partial charge in [0.15, 0.2) is 5.82 Å². The summed E-state index contributed by atoms with van der Waals surface area (Å²) in [7, 11) is 0. The van der Waals surface area contributed by atoms with Crippen LogP contribution in [0.3, 0.4) is 0 Å². The Hall–Kier alpha value is -2.63. The molecule has 1 fully saturated rings. The van der Waals surface area contributed by atoms with Crippen molar-refractivity contribution in [1.82, 2.24) is 9.97 Å². The molecule has 0 atom stereocenters. The molecule has 0 bridgehead atoms. The van der Waals surface area contributed by atoms with Gasteiger partial charge in [-0.15, -0.1) is 0 Å². The van der Waals surface area contributed by atoms with Gasteiger partial charge in [-0.25, -0.2) is 9.97 Å². The largest absolute Gasteiger partial charge is 0.478 e. The van der Waals surface area contributed by atoms with E-state index < -0.39 is 0 Å². The molecule has 1 saturated heterocycles. The first kappa shape index (κ1) is 15.3. The fourth-order valence-electron chi connectivity index (χ4n) is 2.65. The Balaban J connectivity index is 1.79. The number of hydrogen-bond acceptors (Lipinski definition) is 5. The summed E-state index contributed by atoms with van der Waals surface area (Å²) in [6.07, 6.45) is 5.64. The molecule has 0 radical (unpaired) electrons. The van der Waals surface area contributed by atoms with Crippen LogP contribution >= 0.6 is 0 Å². The van der Waals surface area contributed by atoms with Crippen LogP contribution in [0.5, 0.6) is 5.88 Å². The van der Waals surface area contributed by atoms with Crippen molar-refractivity contribution in [2.24, 2.45) is 0 Å². The van der Waals surface area contributed by atoms with Gasteiger partial charge in [-0.1, -0.05) is 0 Å². The highest BCUT2D eigenvalue weighted by atomic mass is 16.5. The van der Waals surface area contributed by atoms with E-state index in [4.69, 9.17) is 4.74 Å². The van der Waals surface area contributed by atoms with Gasteiger partial charge in [0, 0.05) is 37.1 Å². The molecule has 3 rings (SSSR count). The zero-order valence-corrected chi connectivity index (χ0v) is 13.2. The Bertz CT molecular complexity index is 684. The number of amides is 1. The van der Waals surface area contributed by atoms with Gasteiger partial charge in [-0.05, 0) is 38.0 Å². The zero-order chi connectivity index (χ0) is 16.1. The number of aromatic nitrogens is 2. The van der Waals surface area contributed by atoms with E-state index in [0.29, 0.717) is 18.1 Å². The second kappa shape index (κ2) is 7.09. The van der Waals surface area contributed by atoms with Crippen LogP contribution in [0.2, 0.25) is 0 Å². The highest BCUT2D eigenvalue weighted by molar-refractivity contribution is 6.05. The molecule has 0 aromatic carbocycles. The number of pyridine rings is 2. The normalized spacial score (nSPS) is 13.9. The highest BCUT2D eigenvalue weighted by Crippen LogP contribution is 2.26. The van der Waals surface area contributed by atoms with E-state index in [1.165, 1.54) is 0 Å². The maximum absolute atomic E-state index is 12.5. The van der Waals surface area contributed by atoms with Crippen LogP contribution in [0.1, 0.15) is 30.1 Å². The maximum Gasteiger partial charge on any atom is 0.256 e. The van der Waals surface area contributed by atoms with Gasteiger partial charge in [-0.2, -0.15) is 0 Å². The lowest BCUT2D eigenvalue weighted by molar-refractivity contribution is 0.102. The number of hydrogen-bond donors (Lipinski definition) is 1. The number of nitrogens with one attached hydrogen (secondary N) is 1. The standard InChI is InChI=1S/C17H20N4O2/c1-2-23-15-12-13(7-9-18-15)17(22)20-14-6-5-8-19-16(14)21-10-3-4-11-21/h5-9,12H,2-4,10-11H2,1H3,(H,20,22). The first-order chi connectivity index (χ1) is 11.3. The lowest BCUT2D eigenvalue weighted by Gasteiger charge is -2.20. The summed E-state index contributed by atoms with van der Waals surface area (Å²) < 4.78 is 5.34. The minimum Gasteiger partial charge on any atom is -0.478 e. The third-order valence-electron chi connectivity index (χ3n) is 3.73. The van der Waals surface area contributed by atoms with E-state index in [0.717, 1.165) is 37.4 Å². The zero-order valence-electron chi connectivity index (χ0n) is 13.2. The van der Waals surface area contributed by atoms with Crippen molar-refractivity contribution in [2.75, 3.05) is 29.9 Å². The molecule has 0 aliphatic carbocycles. The summed E-state index contributed by atoms with van der Waals surface area (Å²) in [5.41, 5.74) is 1.24. The second-order valence-corrected chi connectivity index (χ2v) is 5.34. The average molecular weight is 312 g/mol. The van der Waals surface area contributed by atoms with Crippen molar-refractivity contribution in [2.45, 2.75) is 19.8 Å². The lowest BCUT2D eigenvalue weighted by atomic mass is 10.2. The molecule has 6 nitrogen and oxygen atoms in total. The molecule has 0 saturated carbocycles. The smallest absolute Gasteiger partial charge is 0.256 e. The van der Waals surface area contributed by atoms with Gasteiger partial charge >= 0.3 is 0 Å². The molecule has 120 valence electrons. The Morgan fingerprint density at radius 2 is 2.09 bits per heavy atom. The van der Waals surface area contributed by atoms with E-state index >= 15 is 0 Å². The summed E-state index contributed by atoms with van der Waals surface area (Å²) in [6, 6.07) is 7.02. The van der Waals surface area contributed by atoms with Crippen LogP contribution in [0.25, 0.3) is 0 Å². The fourth-order valence-corrected chi connectivity index (χ4v) is 2.65. The molecular formula is C17H20N4O2. The minimum absolute atomic E-state index is 0.193. The van der Waals surface area contributed by atoms with E-state index in [2.05, 4.69) is 20.2 Å². The monoisotopic (exact) mass is 312 g/mol. The van der Waals surface area contributed by atoms with Gasteiger partial charge in [0.25, 0.3) is 5.91 Å². The van der Waals surface area contributed by atoms with Crippen LogP contribution in [0, 0.1) is 0 Å². The summed E-state index contributed by atoms with van der Waals surface area (Å²) in [4.78, 5) is 23.2. The molecule has 1 amide bonds. The van der Waals surface area contributed by atoms with E-state index in [-0.39, 0.29) is 5.91 Å².